The molecule has 1 aromatic heterocycles. The molecule has 140 valence electrons. The van der Waals surface area contributed by atoms with E-state index < -0.39 is 0 Å². The molecule has 0 bridgehead atoms. The molecule has 0 spiro atoms. The summed E-state index contributed by atoms with van der Waals surface area (Å²) in [4.78, 5) is 40.7. The van der Waals surface area contributed by atoms with Gasteiger partial charge in [0, 0.05) is 57.2 Å². The molecule has 2 fully saturated rings. The van der Waals surface area contributed by atoms with E-state index in [9.17, 15) is 14.4 Å². The molecule has 1 aliphatic carbocycles. The van der Waals surface area contributed by atoms with Crippen molar-refractivity contribution in [1.29, 1.82) is 0 Å². The number of fused-ring (bicyclic) bond motifs is 1. The van der Waals surface area contributed by atoms with Gasteiger partial charge in [-0.1, -0.05) is 19.3 Å². The maximum absolute atomic E-state index is 12.8. The molecule has 0 radical (unpaired) electrons. The van der Waals surface area contributed by atoms with E-state index in [2.05, 4.69) is 5.10 Å². The van der Waals surface area contributed by atoms with Crippen molar-refractivity contribution in [2.75, 3.05) is 19.6 Å². The summed E-state index contributed by atoms with van der Waals surface area (Å²) < 4.78 is 1.34. The van der Waals surface area contributed by atoms with Gasteiger partial charge in [0.25, 0.3) is 5.56 Å². The molecule has 0 atom stereocenters. The average molecular weight is 358 g/mol. The van der Waals surface area contributed by atoms with Crippen LogP contribution < -0.4 is 5.56 Å². The van der Waals surface area contributed by atoms with Crippen molar-refractivity contribution >= 4 is 11.8 Å². The molecule has 26 heavy (non-hydrogen) atoms. The first kappa shape index (κ1) is 17.2. The van der Waals surface area contributed by atoms with Crippen LogP contribution in [0.3, 0.4) is 0 Å². The van der Waals surface area contributed by atoms with Gasteiger partial charge in [0.05, 0.1) is 11.6 Å². The monoisotopic (exact) mass is 358 g/mol. The van der Waals surface area contributed by atoms with Gasteiger partial charge in [-0.15, -0.1) is 0 Å². The summed E-state index contributed by atoms with van der Waals surface area (Å²) in [5, 5.41) is 4.29. The van der Waals surface area contributed by atoms with Crippen LogP contribution in [0.4, 0.5) is 0 Å². The van der Waals surface area contributed by atoms with E-state index in [0.717, 1.165) is 36.9 Å². The third-order valence-corrected chi connectivity index (χ3v) is 6.05. The highest BCUT2D eigenvalue weighted by Crippen LogP contribution is 2.29. The molecule has 1 saturated carbocycles. The number of nitrogens with zero attached hydrogens (tertiary/aromatic N) is 4. The van der Waals surface area contributed by atoms with Crippen molar-refractivity contribution in [3.8, 4) is 0 Å². The number of likely N-dealkylation sites (tertiary alicyclic amines) is 1. The highest BCUT2D eigenvalue weighted by Gasteiger charge is 2.40. The summed E-state index contributed by atoms with van der Waals surface area (Å²) in [7, 11) is 1.65. The van der Waals surface area contributed by atoms with Gasteiger partial charge in [-0.25, -0.2) is 4.68 Å². The Morgan fingerprint density at radius 1 is 1.04 bits per heavy atom. The molecule has 0 unspecified atom stereocenters. The lowest BCUT2D eigenvalue weighted by Crippen LogP contribution is -2.58. The zero-order chi connectivity index (χ0) is 18.3. The maximum Gasteiger partial charge on any atom is 0.266 e. The number of rotatable bonds is 2. The van der Waals surface area contributed by atoms with Crippen molar-refractivity contribution in [3.05, 3.63) is 27.7 Å². The van der Waals surface area contributed by atoms with Crippen molar-refractivity contribution in [2.24, 2.45) is 18.9 Å². The molecular weight excluding hydrogens is 332 g/mol. The van der Waals surface area contributed by atoms with E-state index in [1.165, 1.54) is 11.1 Å². The molecular formula is C19H26N4O3. The predicted octanol–water partition coefficient (Wildman–Crippen LogP) is 0.704. The lowest BCUT2D eigenvalue weighted by atomic mass is 9.86. The fourth-order valence-electron chi connectivity index (χ4n) is 4.36. The van der Waals surface area contributed by atoms with E-state index in [0.29, 0.717) is 32.6 Å². The van der Waals surface area contributed by atoms with Crippen LogP contribution in [0.2, 0.25) is 0 Å². The van der Waals surface area contributed by atoms with Crippen molar-refractivity contribution in [3.63, 3.8) is 0 Å². The Kier molecular flexibility index (Phi) is 4.54. The third-order valence-electron chi connectivity index (χ3n) is 6.05. The lowest BCUT2D eigenvalue weighted by molar-refractivity contribution is -0.152. The van der Waals surface area contributed by atoms with Crippen LogP contribution in [-0.4, -0.2) is 51.0 Å². The summed E-state index contributed by atoms with van der Waals surface area (Å²) >= 11 is 0. The van der Waals surface area contributed by atoms with Crippen molar-refractivity contribution in [2.45, 2.75) is 45.1 Å². The Labute approximate surface area is 153 Å². The fraction of sp³-hybridized carbons (Fsp3) is 0.684. The Hall–Kier alpha value is -2.18. The molecule has 2 amide bonds. The van der Waals surface area contributed by atoms with Crippen LogP contribution in [0.1, 0.15) is 43.4 Å². The van der Waals surface area contributed by atoms with Gasteiger partial charge < -0.3 is 9.80 Å². The molecule has 3 heterocycles. The Morgan fingerprint density at radius 3 is 2.46 bits per heavy atom. The quantitative estimate of drug-likeness (QED) is 0.780. The average Bonchev–Trinajstić information content (AvgIpc) is 2.61. The van der Waals surface area contributed by atoms with Crippen molar-refractivity contribution in [1.82, 2.24) is 19.6 Å². The van der Waals surface area contributed by atoms with Crippen LogP contribution in [0.25, 0.3) is 0 Å². The van der Waals surface area contributed by atoms with Crippen LogP contribution in [0.15, 0.2) is 10.9 Å². The van der Waals surface area contributed by atoms with Crippen molar-refractivity contribution < 1.29 is 9.59 Å². The summed E-state index contributed by atoms with van der Waals surface area (Å²) in [6.45, 7) is 2.17. The van der Waals surface area contributed by atoms with Crippen LogP contribution in [0.5, 0.6) is 0 Å². The predicted molar refractivity (Wildman–Crippen MR) is 95.2 cm³/mol. The largest absolute Gasteiger partial charge is 0.341 e. The summed E-state index contributed by atoms with van der Waals surface area (Å²) in [6.07, 6.45) is 6.20. The third kappa shape index (κ3) is 3.15. The molecule has 4 rings (SSSR count). The van der Waals surface area contributed by atoms with Gasteiger partial charge in [-0.2, -0.15) is 5.10 Å². The second kappa shape index (κ2) is 6.85. The Morgan fingerprint density at radius 2 is 1.73 bits per heavy atom. The van der Waals surface area contributed by atoms with Gasteiger partial charge in [0.15, 0.2) is 0 Å². The minimum Gasteiger partial charge on any atom is -0.341 e. The molecule has 3 aliphatic rings. The second-order valence-corrected chi connectivity index (χ2v) is 7.86. The van der Waals surface area contributed by atoms with Gasteiger partial charge in [-0.05, 0) is 12.8 Å². The normalized spacial score (nSPS) is 21.3. The minimum absolute atomic E-state index is 0.0939. The number of hydrogen-bond donors (Lipinski definition) is 0. The molecule has 2 aliphatic heterocycles. The van der Waals surface area contributed by atoms with Gasteiger partial charge in [-0.3, -0.25) is 14.4 Å². The van der Waals surface area contributed by atoms with E-state index in [1.54, 1.807) is 13.1 Å². The maximum atomic E-state index is 12.8. The topological polar surface area (TPSA) is 75.5 Å². The first-order valence-electron chi connectivity index (χ1n) is 9.66. The highest BCUT2D eigenvalue weighted by atomic mass is 16.2. The number of carbonyl (C=O) groups excluding carboxylic acids is 2. The first-order valence-corrected chi connectivity index (χ1v) is 9.66. The number of amides is 2. The van der Waals surface area contributed by atoms with Gasteiger partial charge in [0.1, 0.15) is 0 Å². The zero-order valence-electron chi connectivity index (χ0n) is 15.3. The SMILES string of the molecule is Cn1nc2c(cc1=O)CN(C(=O)C1CN(C(=O)C3CCCCC3)C1)CC2. The van der Waals surface area contributed by atoms with E-state index in [-0.39, 0.29) is 29.2 Å². The molecule has 0 aromatic carbocycles. The molecule has 1 aromatic rings. The van der Waals surface area contributed by atoms with Crippen LogP contribution >= 0.6 is 0 Å². The zero-order valence-corrected chi connectivity index (χ0v) is 15.3. The first-order chi connectivity index (χ1) is 12.5. The molecule has 1 saturated heterocycles. The van der Waals surface area contributed by atoms with Crippen LogP contribution in [0, 0.1) is 11.8 Å². The number of aryl methyl sites for hydroxylation is 1. The van der Waals surface area contributed by atoms with Gasteiger partial charge >= 0.3 is 0 Å². The summed E-state index contributed by atoms with van der Waals surface area (Å²) in [5.74, 6) is 0.419. The van der Waals surface area contributed by atoms with Gasteiger partial charge in [0.2, 0.25) is 11.8 Å². The highest BCUT2D eigenvalue weighted by molar-refractivity contribution is 5.85. The second-order valence-electron chi connectivity index (χ2n) is 7.86. The number of hydrogen-bond acceptors (Lipinski definition) is 4. The Balaban J connectivity index is 1.34. The van der Waals surface area contributed by atoms with E-state index in [4.69, 9.17) is 0 Å². The fourth-order valence-corrected chi connectivity index (χ4v) is 4.36. The smallest absolute Gasteiger partial charge is 0.266 e. The summed E-state index contributed by atoms with van der Waals surface area (Å²) in [6, 6.07) is 1.58. The molecule has 7 heteroatoms. The Bertz CT molecular complexity index is 775. The van der Waals surface area contributed by atoms with Crippen LogP contribution in [-0.2, 0) is 29.6 Å². The minimum atomic E-state index is -0.147. The number of carbonyl (C=O) groups is 2. The molecule has 7 nitrogen and oxygen atoms in total. The summed E-state index contributed by atoms with van der Waals surface area (Å²) in [5.41, 5.74) is 1.60. The van der Waals surface area contributed by atoms with E-state index in [1.807, 2.05) is 9.80 Å². The standard InChI is InChI=1S/C19H26N4O3/c1-21-17(24)9-14-10-22(8-7-16(14)20-21)19(26)15-11-23(12-15)18(25)13-5-3-2-4-6-13/h9,13,15H,2-8,10-12H2,1H3. The lowest BCUT2D eigenvalue weighted by Gasteiger charge is -2.43. The number of aromatic nitrogens is 2. The molecule has 0 N–H and O–H groups in total. The van der Waals surface area contributed by atoms with E-state index >= 15 is 0 Å².